The molecule has 0 radical (unpaired) electrons. The maximum absolute atomic E-state index is 12.0. The summed E-state index contributed by atoms with van der Waals surface area (Å²) in [6.45, 7) is 5.89. The Kier molecular flexibility index (Phi) is 5.02. The van der Waals surface area contributed by atoms with Gasteiger partial charge in [0.25, 0.3) is 0 Å². The number of amides is 1. The minimum absolute atomic E-state index is 0.121. The Labute approximate surface area is 151 Å². The van der Waals surface area contributed by atoms with E-state index in [4.69, 9.17) is 4.74 Å². The third-order valence-electron chi connectivity index (χ3n) is 4.06. The van der Waals surface area contributed by atoms with Gasteiger partial charge in [-0.05, 0) is 36.1 Å². The van der Waals surface area contributed by atoms with Crippen LogP contribution in [-0.4, -0.2) is 22.6 Å². The molecular formula is C20H21N3O3. The number of benzene rings is 2. The second kappa shape index (κ2) is 7.39. The van der Waals surface area contributed by atoms with E-state index < -0.39 is 5.91 Å². The first-order valence-corrected chi connectivity index (χ1v) is 8.43. The fraction of sp³-hybridized carbons (Fsp3) is 0.250. The minimum Gasteiger partial charge on any atom is -0.493 e. The third kappa shape index (κ3) is 3.74. The van der Waals surface area contributed by atoms with Crippen molar-refractivity contribution in [2.45, 2.75) is 26.7 Å². The number of rotatable bonds is 5. The molecule has 134 valence electrons. The number of hydrogen-bond acceptors (Lipinski definition) is 4. The van der Waals surface area contributed by atoms with Crippen LogP contribution in [0.5, 0.6) is 11.6 Å². The number of aromatic hydroxyl groups is 1. The molecule has 3 aromatic rings. The highest BCUT2D eigenvalue weighted by atomic mass is 16.5. The van der Waals surface area contributed by atoms with E-state index in [-0.39, 0.29) is 24.1 Å². The molecule has 0 saturated carbocycles. The van der Waals surface area contributed by atoms with E-state index in [0.717, 1.165) is 16.6 Å². The maximum Gasteiger partial charge on any atom is 0.302 e. The molecule has 0 atom stereocenters. The van der Waals surface area contributed by atoms with E-state index in [9.17, 15) is 9.90 Å². The molecule has 1 heterocycles. The lowest BCUT2D eigenvalue weighted by Crippen LogP contribution is -2.09. The van der Waals surface area contributed by atoms with E-state index in [0.29, 0.717) is 11.1 Å². The van der Waals surface area contributed by atoms with Crippen LogP contribution in [0, 0.1) is 6.92 Å². The van der Waals surface area contributed by atoms with Crippen molar-refractivity contribution in [2.24, 2.45) is 10.2 Å². The zero-order valence-electron chi connectivity index (χ0n) is 15.0. The van der Waals surface area contributed by atoms with Gasteiger partial charge in [-0.3, -0.25) is 4.79 Å². The highest BCUT2D eigenvalue weighted by molar-refractivity contribution is 5.94. The number of aromatic nitrogens is 1. The average Bonchev–Trinajstić information content (AvgIpc) is 2.93. The Balaban J connectivity index is 1.72. The summed E-state index contributed by atoms with van der Waals surface area (Å²) in [5.74, 6) is 0.319. The Hall–Kier alpha value is -3.15. The monoisotopic (exact) mass is 351 g/mol. The number of fused-ring (bicyclic) bond motifs is 1. The normalized spacial score (nSPS) is 11.5. The highest BCUT2D eigenvalue weighted by Gasteiger charge is 2.12. The van der Waals surface area contributed by atoms with Crippen LogP contribution in [0.4, 0.5) is 5.69 Å². The molecule has 2 N–H and O–H groups in total. The Morgan fingerprint density at radius 2 is 2.00 bits per heavy atom. The summed E-state index contributed by atoms with van der Waals surface area (Å²) < 4.78 is 5.66. The maximum atomic E-state index is 12.0. The zero-order chi connectivity index (χ0) is 18.7. The van der Waals surface area contributed by atoms with Crippen molar-refractivity contribution in [3.63, 3.8) is 0 Å². The molecule has 0 fully saturated rings. The number of aryl methyl sites for hydroxylation is 1. The van der Waals surface area contributed by atoms with Gasteiger partial charge < -0.3 is 14.8 Å². The van der Waals surface area contributed by atoms with E-state index in [1.807, 2.05) is 43.3 Å². The number of H-pyrrole nitrogens is 1. The summed E-state index contributed by atoms with van der Waals surface area (Å²) in [6, 6.07) is 13.2. The molecular weight excluding hydrogens is 330 g/mol. The summed E-state index contributed by atoms with van der Waals surface area (Å²) in [5.41, 5.74) is 3.06. The van der Waals surface area contributed by atoms with Gasteiger partial charge in [-0.1, -0.05) is 44.2 Å². The van der Waals surface area contributed by atoms with E-state index in [1.54, 1.807) is 6.07 Å². The van der Waals surface area contributed by atoms with Crippen molar-refractivity contribution in [3.8, 4) is 11.6 Å². The lowest BCUT2D eigenvalue weighted by atomic mass is 10.0. The first-order chi connectivity index (χ1) is 12.5. The van der Waals surface area contributed by atoms with Crippen molar-refractivity contribution in [1.82, 2.24) is 4.98 Å². The molecule has 26 heavy (non-hydrogen) atoms. The molecule has 1 amide bonds. The van der Waals surface area contributed by atoms with Gasteiger partial charge in [0, 0.05) is 5.39 Å². The summed E-state index contributed by atoms with van der Waals surface area (Å²) in [4.78, 5) is 14.8. The van der Waals surface area contributed by atoms with Gasteiger partial charge in [0.05, 0.1) is 5.52 Å². The molecule has 0 spiro atoms. The number of azo groups is 1. The predicted molar refractivity (Wildman–Crippen MR) is 100 cm³/mol. The molecule has 6 heteroatoms. The van der Waals surface area contributed by atoms with Crippen molar-refractivity contribution in [2.75, 3.05) is 6.61 Å². The van der Waals surface area contributed by atoms with Gasteiger partial charge in [-0.15, -0.1) is 10.2 Å². The van der Waals surface area contributed by atoms with Gasteiger partial charge in [-0.25, -0.2) is 0 Å². The van der Waals surface area contributed by atoms with Crippen LogP contribution >= 0.6 is 0 Å². The van der Waals surface area contributed by atoms with Gasteiger partial charge in [0.2, 0.25) is 5.88 Å². The molecule has 0 aliphatic rings. The van der Waals surface area contributed by atoms with Gasteiger partial charge >= 0.3 is 5.91 Å². The summed E-state index contributed by atoms with van der Waals surface area (Å²) in [7, 11) is 0. The minimum atomic E-state index is -0.522. The van der Waals surface area contributed by atoms with Gasteiger partial charge in [0.1, 0.15) is 5.75 Å². The summed E-state index contributed by atoms with van der Waals surface area (Å²) in [6.07, 6.45) is 0. The van der Waals surface area contributed by atoms with Crippen LogP contribution < -0.4 is 4.74 Å². The largest absolute Gasteiger partial charge is 0.493 e. The Morgan fingerprint density at radius 1 is 1.23 bits per heavy atom. The number of nitrogens with one attached hydrogen (secondary N) is 1. The fourth-order valence-corrected chi connectivity index (χ4v) is 2.73. The zero-order valence-corrected chi connectivity index (χ0v) is 15.0. The molecule has 1 aromatic heterocycles. The van der Waals surface area contributed by atoms with Crippen molar-refractivity contribution in [1.29, 1.82) is 0 Å². The van der Waals surface area contributed by atoms with Crippen LogP contribution in [0.1, 0.15) is 30.9 Å². The lowest BCUT2D eigenvalue weighted by Gasteiger charge is -2.13. The van der Waals surface area contributed by atoms with Crippen molar-refractivity contribution in [3.05, 3.63) is 53.6 Å². The molecule has 0 aliphatic carbocycles. The number of ether oxygens (including phenoxy) is 1. The van der Waals surface area contributed by atoms with Crippen molar-refractivity contribution >= 4 is 22.5 Å². The third-order valence-corrected chi connectivity index (χ3v) is 4.06. The lowest BCUT2D eigenvalue weighted by molar-refractivity contribution is -0.120. The summed E-state index contributed by atoms with van der Waals surface area (Å²) >= 11 is 0. The molecule has 3 rings (SSSR count). The van der Waals surface area contributed by atoms with E-state index >= 15 is 0 Å². The number of aromatic amines is 1. The number of hydrogen-bond donors (Lipinski definition) is 2. The number of nitrogens with zero attached hydrogens (tertiary/aromatic N) is 2. The van der Waals surface area contributed by atoms with Crippen LogP contribution in [0.15, 0.2) is 52.7 Å². The second-order valence-corrected chi connectivity index (χ2v) is 6.45. The van der Waals surface area contributed by atoms with Crippen molar-refractivity contribution < 1.29 is 14.6 Å². The Morgan fingerprint density at radius 3 is 2.77 bits per heavy atom. The number of carbonyl (C=O) groups excluding carboxylic acids is 1. The molecule has 0 aliphatic heterocycles. The molecule has 2 aromatic carbocycles. The number of para-hydroxylation sites is 1. The molecule has 0 bridgehead atoms. The predicted octanol–water partition coefficient (Wildman–Crippen LogP) is 4.99. The molecule has 0 saturated heterocycles. The first kappa shape index (κ1) is 17.7. The van der Waals surface area contributed by atoms with Crippen LogP contribution in [0.3, 0.4) is 0 Å². The number of carbonyl (C=O) groups is 1. The van der Waals surface area contributed by atoms with Crippen LogP contribution in [0.25, 0.3) is 10.9 Å². The fourth-order valence-electron chi connectivity index (χ4n) is 2.73. The molecule has 6 nitrogen and oxygen atoms in total. The second-order valence-electron chi connectivity index (χ2n) is 6.45. The summed E-state index contributed by atoms with van der Waals surface area (Å²) in [5, 5.41) is 18.2. The smallest absolute Gasteiger partial charge is 0.302 e. The van der Waals surface area contributed by atoms with E-state index in [2.05, 4.69) is 29.1 Å². The van der Waals surface area contributed by atoms with E-state index in [1.165, 1.54) is 0 Å². The van der Waals surface area contributed by atoms with Crippen LogP contribution in [0.2, 0.25) is 0 Å². The SMILES string of the molecule is Cc1ccc(C(C)C)c(OCC(=O)N=Nc2c(O)[nH]c3ccccc23)c1. The Bertz CT molecular complexity index is 974. The van der Waals surface area contributed by atoms with Gasteiger partial charge in [0.15, 0.2) is 12.3 Å². The first-order valence-electron chi connectivity index (χ1n) is 8.43. The average molecular weight is 351 g/mol. The molecule has 0 unspecified atom stereocenters. The standard InChI is InChI=1S/C20H21N3O3/c1-12(2)14-9-8-13(3)10-17(14)26-11-18(24)22-23-19-15-6-4-5-7-16(15)21-20(19)25/h4-10,12,21,25H,11H2,1-3H3. The van der Waals surface area contributed by atoms with Gasteiger partial charge in [-0.2, -0.15) is 0 Å². The highest BCUT2D eigenvalue weighted by Crippen LogP contribution is 2.35. The van der Waals surface area contributed by atoms with Crippen LogP contribution in [-0.2, 0) is 4.79 Å². The topological polar surface area (TPSA) is 87.0 Å². The quantitative estimate of drug-likeness (QED) is 0.634.